The third-order valence-electron chi connectivity index (χ3n) is 5.14. The van der Waals surface area contributed by atoms with Gasteiger partial charge in [-0.15, -0.1) is 0 Å². The van der Waals surface area contributed by atoms with Crippen LogP contribution >= 0.6 is 0 Å². The van der Waals surface area contributed by atoms with E-state index in [0.29, 0.717) is 5.92 Å². The van der Waals surface area contributed by atoms with Gasteiger partial charge in [-0.05, 0) is 38.4 Å². The lowest BCUT2D eigenvalue weighted by Gasteiger charge is -2.39. The van der Waals surface area contributed by atoms with E-state index in [1.54, 1.807) is 0 Å². The number of nitrogens with zero attached hydrogens (tertiary/aromatic N) is 3. The van der Waals surface area contributed by atoms with E-state index < -0.39 is 0 Å². The Bertz CT molecular complexity index is 618. The molecule has 1 aromatic carbocycles. The highest BCUT2D eigenvalue weighted by molar-refractivity contribution is 5.35. The molecule has 110 valence electrons. The summed E-state index contributed by atoms with van der Waals surface area (Å²) >= 11 is 0. The van der Waals surface area contributed by atoms with Crippen LogP contribution in [0.25, 0.3) is 0 Å². The van der Waals surface area contributed by atoms with Crippen molar-refractivity contribution in [3.05, 3.63) is 47.6 Å². The first-order valence-corrected chi connectivity index (χ1v) is 7.86. The van der Waals surface area contributed by atoms with Crippen LogP contribution in [0.2, 0.25) is 0 Å². The Morgan fingerprint density at radius 2 is 2.05 bits per heavy atom. The zero-order valence-electron chi connectivity index (χ0n) is 12.5. The Labute approximate surface area is 125 Å². The molecule has 1 aliphatic carbocycles. The predicted octanol–water partition coefficient (Wildman–Crippen LogP) is 2.96. The Morgan fingerprint density at radius 3 is 2.67 bits per heavy atom. The Balaban J connectivity index is 1.65. The molecule has 0 N–H and O–H groups in total. The minimum absolute atomic E-state index is 0.00643. The molecule has 1 saturated heterocycles. The lowest BCUT2D eigenvalue weighted by molar-refractivity contribution is 0.269. The molecule has 2 heterocycles. The molecule has 1 aromatic heterocycles. The SMILES string of the molecule is CN1CCC(c2nc(C3(c4ccccc4)CCC3)no2)C1. The van der Waals surface area contributed by atoms with Crippen LogP contribution in [0, 0.1) is 0 Å². The smallest absolute Gasteiger partial charge is 0.231 e. The van der Waals surface area contributed by atoms with E-state index in [2.05, 4.69) is 47.4 Å². The molecular formula is C17H21N3O. The van der Waals surface area contributed by atoms with Crippen LogP contribution in [0.15, 0.2) is 34.9 Å². The van der Waals surface area contributed by atoms with Crippen molar-refractivity contribution in [3.63, 3.8) is 0 Å². The van der Waals surface area contributed by atoms with Gasteiger partial charge < -0.3 is 9.42 Å². The largest absolute Gasteiger partial charge is 0.339 e. The molecule has 0 spiro atoms. The predicted molar refractivity (Wildman–Crippen MR) is 80.2 cm³/mol. The van der Waals surface area contributed by atoms with Crippen LogP contribution in [0.1, 0.15) is 48.9 Å². The molecule has 2 fully saturated rings. The number of hydrogen-bond acceptors (Lipinski definition) is 4. The lowest BCUT2D eigenvalue weighted by atomic mass is 9.64. The minimum atomic E-state index is -0.00643. The minimum Gasteiger partial charge on any atom is -0.339 e. The molecule has 4 heteroatoms. The average molecular weight is 283 g/mol. The first-order chi connectivity index (χ1) is 10.3. The molecule has 0 amide bonds. The van der Waals surface area contributed by atoms with Crippen LogP contribution in [-0.2, 0) is 5.41 Å². The van der Waals surface area contributed by atoms with Crippen molar-refractivity contribution in [2.75, 3.05) is 20.1 Å². The molecule has 1 unspecified atom stereocenters. The van der Waals surface area contributed by atoms with Crippen molar-refractivity contribution in [2.24, 2.45) is 0 Å². The summed E-state index contributed by atoms with van der Waals surface area (Å²) in [5.74, 6) is 2.13. The van der Waals surface area contributed by atoms with Crippen molar-refractivity contribution in [2.45, 2.75) is 37.0 Å². The molecule has 1 atom stereocenters. The van der Waals surface area contributed by atoms with Crippen molar-refractivity contribution < 1.29 is 4.52 Å². The van der Waals surface area contributed by atoms with Gasteiger partial charge in [-0.3, -0.25) is 0 Å². The quantitative estimate of drug-likeness (QED) is 0.868. The van der Waals surface area contributed by atoms with Crippen LogP contribution in [0.5, 0.6) is 0 Å². The van der Waals surface area contributed by atoms with E-state index in [9.17, 15) is 0 Å². The molecule has 4 rings (SSSR count). The van der Waals surface area contributed by atoms with Crippen LogP contribution < -0.4 is 0 Å². The molecule has 0 radical (unpaired) electrons. The van der Waals surface area contributed by atoms with Crippen molar-refractivity contribution in [1.29, 1.82) is 0 Å². The highest BCUT2D eigenvalue weighted by atomic mass is 16.5. The normalized spacial score (nSPS) is 24.9. The molecule has 0 bridgehead atoms. The van der Waals surface area contributed by atoms with Gasteiger partial charge in [-0.1, -0.05) is 41.9 Å². The molecular weight excluding hydrogens is 262 g/mol. The fraction of sp³-hybridized carbons (Fsp3) is 0.529. The van der Waals surface area contributed by atoms with Gasteiger partial charge in [0.05, 0.1) is 11.3 Å². The summed E-state index contributed by atoms with van der Waals surface area (Å²) in [5.41, 5.74) is 1.32. The number of likely N-dealkylation sites (N-methyl/N-ethyl adjacent to an activating group) is 1. The molecule has 1 aliphatic heterocycles. The highest BCUT2D eigenvalue weighted by Gasteiger charge is 2.44. The van der Waals surface area contributed by atoms with E-state index >= 15 is 0 Å². The van der Waals surface area contributed by atoms with Gasteiger partial charge >= 0.3 is 0 Å². The Morgan fingerprint density at radius 1 is 1.24 bits per heavy atom. The van der Waals surface area contributed by atoms with Crippen molar-refractivity contribution in [3.8, 4) is 0 Å². The maximum absolute atomic E-state index is 5.61. The summed E-state index contributed by atoms with van der Waals surface area (Å²) in [4.78, 5) is 7.12. The first-order valence-electron chi connectivity index (χ1n) is 7.86. The second kappa shape index (κ2) is 4.95. The first kappa shape index (κ1) is 13.0. The zero-order valence-corrected chi connectivity index (χ0v) is 12.5. The second-order valence-electron chi connectivity index (χ2n) is 6.51. The van der Waals surface area contributed by atoms with Crippen LogP contribution in [-0.4, -0.2) is 35.2 Å². The summed E-state index contributed by atoms with van der Waals surface area (Å²) in [7, 11) is 2.15. The third-order valence-corrected chi connectivity index (χ3v) is 5.14. The lowest BCUT2D eigenvalue weighted by Crippen LogP contribution is -2.36. The second-order valence-corrected chi connectivity index (χ2v) is 6.51. The third kappa shape index (κ3) is 2.09. The van der Waals surface area contributed by atoms with Gasteiger partial charge in [0, 0.05) is 6.54 Å². The highest BCUT2D eigenvalue weighted by Crippen LogP contribution is 2.48. The maximum atomic E-state index is 5.61. The molecule has 4 nitrogen and oxygen atoms in total. The summed E-state index contributed by atoms with van der Waals surface area (Å²) in [6, 6.07) is 10.6. The Hall–Kier alpha value is -1.68. The summed E-state index contributed by atoms with van der Waals surface area (Å²) in [6.07, 6.45) is 4.61. The van der Waals surface area contributed by atoms with Gasteiger partial charge in [0.15, 0.2) is 5.82 Å². The molecule has 2 aliphatic rings. The van der Waals surface area contributed by atoms with E-state index in [1.807, 2.05) is 0 Å². The Kier molecular flexibility index (Phi) is 3.07. The van der Waals surface area contributed by atoms with E-state index in [4.69, 9.17) is 9.51 Å². The fourth-order valence-corrected chi connectivity index (χ4v) is 3.66. The van der Waals surface area contributed by atoms with E-state index in [1.165, 1.54) is 12.0 Å². The summed E-state index contributed by atoms with van der Waals surface area (Å²) in [5, 5.41) is 4.35. The standard InChI is InChI=1S/C17H21N3O/c1-20-11-8-13(12-20)15-18-16(19-21-15)17(9-5-10-17)14-6-3-2-4-7-14/h2-4,6-7,13H,5,8-12H2,1H3. The summed E-state index contributed by atoms with van der Waals surface area (Å²) in [6.45, 7) is 2.15. The van der Waals surface area contributed by atoms with Gasteiger partial charge in [0.25, 0.3) is 0 Å². The maximum Gasteiger partial charge on any atom is 0.231 e. The van der Waals surface area contributed by atoms with Crippen molar-refractivity contribution in [1.82, 2.24) is 15.0 Å². The van der Waals surface area contributed by atoms with Gasteiger partial charge in [-0.25, -0.2) is 0 Å². The van der Waals surface area contributed by atoms with Gasteiger partial charge in [0.2, 0.25) is 5.89 Å². The van der Waals surface area contributed by atoms with Crippen molar-refractivity contribution >= 4 is 0 Å². The number of benzene rings is 1. The molecule has 21 heavy (non-hydrogen) atoms. The number of aromatic nitrogens is 2. The topological polar surface area (TPSA) is 42.2 Å². The van der Waals surface area contributed by atoms with E-state index in [0.717, 1.165) is 44.1 Å². The van der Waals surface area contributed by atoms with Gasteiger partial charge in [-0.2, -0.15) is 4.98 Å². The fourth-order valence-electron chi connectivity index (χ4n) is 3.66. The van der Waals surface area contributed by atoms with E-state index in [-0.39, 0.29) is 5.41 Å². The number of rotatable bonds is 3. The monoisotopic (exact) mass is 283 g/mol. The summed E-state index contributed by atoms with van der Waals surface area (Å²) < 4.78 is 5.61. The number of likely N-dealkylation sites (tertiary alicyclic amines) is 1. The molecule has 2 aromatic rings. The molecule has 1 saturated carbocycles. The van der Waals surface area contributed by atoms with Gasteiger partial charge in [0.1, 0.15) is 0 Å². The number of hydrogen-bond donors (Lipinski definition) is 0. The van der Waals surface area contributed by atoms with Crippen LogP contribution in [0.4, 0.5) is 0 Å². The van der Waals surface area contributed by atoms with Crippen LogP contribution in [0.3, 0.4) is 0 Å². The average Bonchev–Trinajstić information content (AvgIpc) is 3.08. The zero-order chi connectivity index (χ0) is 14.3.